The Morgan fingerprint density at radius 2 is 1.94 bits per heavy atom. The molecule has 1 aromatic carbocycles. The lowest BCUT2D eigenvalue weighted by atomic mass is 10.0. The molecule has 4 nitrogen and oxygen atoms in total. The summed E-state index contributed by atoms with van der Waals surface area (Å²) < 4.78 is 0. The van der Waals surface area contributed by atoms with Gasteiger partial charge in [0.05, 0.1) is 6.54 Å². The molecule has 4 heteroatoms. The summed E-state index contributed by atoms with van der Waals surface area (Å²) in [6.07, 6.45) is 1.93. The standard InChI is InChI=1S/C13H20N4/c1-3-9-7-11(14)8-10(4-2)12(9)17-13-15-5-6-16-13/h7-8H,3-6,14H2,1-2H3,(H2,15,16,17). The van der Waals surface area contributed by atoms with Crippen molar-refractivity contribution in [2.45, 2.75) is 26.7 Å². The first-order valence-corrected chi connectivity index (χ1v) is 6.21. The molecular formula is C13H20N4. The number of guanidine groups is 1. The quantitative estimate of drug-likeness (QED) is 0.696. The minimum absolute atomic E-state index is 0.838. The van der Waals surface area contributed by atoms with Crippen LogP contribution in [0.2, 0.25) is 0 Å². The minimum Gasteiger partial charge on any atom is -0.399 e. The zero-order valence-electron chi connectivity index (χ0n) is 10.5. The van der Waals surface area contributed by atoms with Gasteiger partial charge < -0.3 is 16.4 Å². The van der Waals surface area contributed by atoms with Crippen LogP contribution >= 0.6 is 0 Å². The van der Waals surface area contributed by atoms with Crippen molar-refractivity contribution in [2.24, 2.45) is 4.99 Å². The van der Waals surface area contributed by atoms with E-state index in [1.54, 1.807) is 0 Å². The second-order valence-corrected chi connectivity index (χ2v) is 4.20. The first-order chi connectivity index (χ1) is 8.24. The summed E-state index contributed by atoms with van der Waals surface area (Å²) in [4.78, 5) is 4.37. The molecule has 1 aromatic rings. The average molecular weight is 232 g/mol. The van der Waals surface area contributed by atoms with Gasteiger partial charge in [0.25, 0.3) is 0 Å². The van der Waals surface area contributed by atoms with E-state index < -0.39 is 0 Å². The lowest BCUT2D eigenvalue weighted by Gasteiger charge is -2.16. The number of hydrogen-bond acceptors (Lipinski definition) is 4. The van der Waals surface area contributed by atoms with Gasteiger partial charge >= 0.3 is 0 Å². The van der Waals surface area contributed by atoms with Gasteiger partial charge in [0.15, 0.2) is 5.96 Å². The van der Waals surface area contributed by atoms with E-state index in [1.165, 1.54) is 11.1 Å². The fraction of sp³-hybridized carbons (Fsp3) is 0.462. The molecular weight excluding hydrogens is 212 g/mol. The Morgan fingerprint density at radius 3 is 2.41 bits per heavy atom. The van der Waals surface area contributed by atoms with Crippen molar-refractivity contribution in [3.05, 3.63) is 23.3 Å². The van der Waals surface area contributed by atoms with Crippen LogP contribution in [0.15, 0.2) is 17.1 Å². The number of nitrogens with one attached hydrogen (secondary N) is 2. The maximum absolute atomic E-state index is 5.91. The third-order valence-electron chi connectivity index (χ3n) is 3.00. The normalized spacial score (nSPS) is 14.4. The van der Waals surface area contributed by atoms with Crippen molar-refractivity contribution < 1.29 is 0 Å². The Balaban J connectivity index is 2.35. The smallest absolute Gasteiger partial charge is 0.195 e. The van der Waals surface area contributed by atoms with Crippen LogP contribution in [-0.2, 0) is 12.8 Å². The molecule has 0 saturated heterocycles. The third kappa shape index (κ3) is 2.52. The maximum Gasteiger partial charge on any atom is 0.195 e. The summed E-state index contributed by atoms with van der Waals surface area (Å²) in [6.45, 7) is 6.05. The van der Waals surface area contributed by atoms with Crippen molar-refractivity contribution in [1.82, 2.24) is 5.32 Å². The number of nitrogen functional groups attached to an aromatic ring is 1. The van der Waals surface area contributed by atoms with E-state index in [2.05, 4.69) is 29.5 Å². The SMILES string of the molecule is CCc1cc(N)cc(CC)c1NC1=NCCN1. The van der Waals surface area contributed by atoms with Gasteiger partial charge in [-0.15, -0.1) is 0 Å². The summed E-state index contributed by atoms with van der Waals surface area (Å²) in [5, 5.41) is 6.62. The van der Waals surface area contributed by atoms with Crippen molar-refractivity contribution in [3.63, 3.8) is 0 Å². The van der Waals surface area contributed by atoms with Gasteiger partial charge in [0.2, 0.25) is 0 Å². The summed E-state index contributed by atoms with van der Waals surface area (Å²) in [5.74, 6) is 0.874. The predicted octanol–water partition coefficient (Wildman–Crippen LogP) is 1.76. The van der Waals surface area contributed by atoms with Gasteiger partial charge in [-0.1, -0.05) is 13.8 Å². The molecule has 0 amide bonds. The van der Waals surface area contributed by atoms with Crippen molar-refractivity contribution in [1.29, 1.82) is 0 Å². The number of anilines is 2. The average Bonchev–Trinajstić information content (AvgIpc) is 2.83. The Bertz CT molecular complexity index is 412. The summed E-state index contributed by atoms with van der Waals surface area (Å²) in [7, 11) is 0. The molecule has 92 valence electrons. The van der Waals surface area contributed by atoms with Gasteiger partial charge in [-0.2, -0.15) is 0 Å². The number of hydrogen-bond donors (Lipinski definition) is 3. The van der Waals surface area contributed by atoms with Crippen LogP contribution < -0.4 is 16.4 Å². The van der Waals surface area contributed by atoms with E-state index in [0.717, 1.165) is 43.3 Å². The molecule has 0 fully saturated rings. The van der Waals surface area contributed by atoms with E-state index in [4.69, 9.17) is 5.73 Å². The maximum atomic E-state index is 5.91. The molecule has 0 radical (unpaired) electrons. The predicted molar refractivity (Wildman–Crippen MR) is 73.5 cm³/mol. The van der Waals surface area contributed by atoms with Crippen LogP contribution in [0.3, 0.4) is 0 Å². The molecule has 1 aliphatic heterocycles. The monoisotopic (exact) mass is 232 g/mol. The number of benzene rings is 1. The largest absolute Gasteiger partial charge is 0.399 e. The molecule has 0 spiro atoms. The second kappa shape index (κ2) is 5.08. The minimum atomic E-state index is 0.838. The molecule has 1 heterocycles. The third-order valence-corrected chi connectivity index (χ3v) is 3.00. The van der Waals surface area contributed by atoms with Crippen LogP contribution in [0.1, 0.15) is 25.0 Å². The molecule has 4 N–H and O–H groups in total. The number of nitrogens with zero attached hydrogens (tertiary/aromatic N) is 1. The molecule has 0 unspecified atom stereocenters. The van der Waals surface area contributed by atoms with Crippen LogP contribution in [0, 0.1) is 0 Å². The fourth-order valence-corrected chi connectivity index (χ4v) is 2.11. The Kier molecular flexibility index (Phi) is 3.52. The van der Waals surface area contributed by atoms with Crippen molar-refractivity contribution >= 4 is 17.3 Å². The number of rotatable bonds is 3. The van der Waals surface area contributed by atoms with E-state index >= 15 is 0 Å². The molecule has 2 rings (SSSR count). The lowest BCUT2D eigenvalue weighted by Crippen LogP contribution is -2.27. The van der Waals surface area contributed by atoms with Gasteiger partial charge in [-0.05, 0) is 36.1 Å². The van der Waals surface area contributed by atoms with Crippen molar-refractivity contribution in [2.75, 3.05) is 24.1 Å². The summed E-state index contributed by atoms with van der Waals surface area (Å²) in [6, 6.07) is 4.08. The highest BCUT2D eigenvalue weighted by Crippen LogP contribution is 2.26. The fourth-order valence-electron chi connectivity index (χ4n) is 2.11. The van der Waals surface area contributed by atoms with Crippen molar-refractivity contribution in [3.8, 4) is 0 Å². The number of nitrogens with two attached hydrogens (primary N) is 1. The molecule has 0 aliphatic carbocycles. The molecule has 17 heavy (non-hydrogen) atoms. The molecule has 0 aromatic heterocycles. The second-order valence-electron chi connectivity index (χ2n) is 4.20. The number of aliphatic imine (C=N–C) groups is 1. The van der Waals surface area contributed by atoms with Gasteiger partial charge in [0, 0.05) is 17.9 Å². The van der Waals surface area contributed by atoms with E-state index in [0.29, 0.717) is 0 Å². The molecule has 0 atom stereocenters. The van der Waals surface area contributed by atoms with E-state index in [-0.39, 0.29) is 0 Å². The van der Waals surface area contributed by atoms with E-state index in [9.17, 15) is 0 Å². The van der Waals surface area contributed by atoms with E-state index in [1.807, 2.05) is 12.1 Å². The first-order valence-electron chi connectivity index (χ1n) is 6.21. The Morgan fingerprint density at radius 1 is 1.29 bits per heavy atom. The highest BCUT2D eigenvalue weighted by Gasteiger charge is 2.11. The zero-order chi connectivity index (χ0) is 12.3. The van der Waals surface area contributed by atoms with Crippen LogP contribution in [0.5, 0.6) is 0 Å². The van der Waals surface area contributed by atoms with Gasteiger partial charge in [0.1, 0.15) is 0 Å². The molecule has 0 saturated carbocycles. The summed E-state index contributed by atoms with van der Waals surface area (Å²) >= 11 is 0. The van der Waals surface area contributed by atoms with Crippen LogP contribution in [-0.4, -0.2) is 19.0 Å². The van der Waals surface area contributed by atoms with Gasteiger partial charge in [-0.3, -0.25) is 4.99 Å². The van der Waals surface area contributed by atoms with Crippen LogP contribution in [0.25, 0.3) is 0 Å². The highest BCUT2D eigenvalue weighted by atomic mass is 15.2. The Labute approximate surface area is 102 Å². The topological polar surface area (TPSA) is 62.4 Å². The molecule has 1 aliphatic rings. The van der Waals surface area contributed by atoms with Gasteiger partial charge in [-0.25, -0.2) is 0 Å². The van der Waals surface area contributed by atoms with Crippen LogP contribution in [0.4, 0.5) is 11.4 Å². The first kappa shape index (κ1) is 11.8. The number of aryl methyl sites for hydroxylation is 2. The highest BCUT2D eigenvalue weighted by molar-refractivity contribution is 5.96. The zero-order valence-corrected chi connectivity index (χ0v) is 10.5. The summed E-state index contributed by atoms with van der Waals surface area (Å²) in [5.41, 5.74) is 10.4. The molecule has 0 bridgehead atoms. The Hall–Kier alpha value is -1.71. The lowest BCUT2D eigenvalue weighted by molar-refractivity contribution is 0.958.